The van der Waals surface area contributed by atoms with Crippen molar-refractivity contribution in [2.75, 3.05) is 18.3 Å². The normalized spacial score (nSPS) is 11.2. The van der Waals surface area contributed by atoms with Gasteiger partial charge in [-0.1, -0.05) is 18.2 Å². The topological polar surface area (TPSA) is 63.7 Å². The average Bonchev–Trinajstić information content (AvgIpc) is 3.18. The first-order chi connectivity index (χ1) is 13.4. The van der Waals surface area contributed by atoms with Crippen molar-refractivity contribution in [2.24, 2.45) is 0 Å². The molecule has 0 fully saturated rings. The van der Waals surface area contributed by atoms with Crippen LogP contribution in [-0.4, -0.2) is 27.7 Å². The lowest BCUT2D eigenvalue weighted by atomic mass is 10.1. The molecule has 5 nitrogen and oxygen atoms in total. The highest BCUT2D eigenvalue weighted by Crippen LogP contribution is 2.25. The van der Waals surface area contributed by atoms with Gasteiger partial charge in [0.1, 0.15) is 5.75 Å². The molecule has 0 N–H and O–H groups in total. The van der Waals surface area contributed by atoms with Crippen molar-refractivity contribution in [3.63, 3.8) is 0 Å². The number of anilines is 1. The molecule has 146 valence electrons. The minimum atomic E-state index is -3.12. The molecule has 1 aromatic heterocycles. The molecule has 0 bridgehead atoms. The lowest BCUT2D eigenvalue weighted by molar-refractivity contribution is 0.0985. The minimum absolute atomic E-state index is 0.0428. The number of thiophene rings is 1. The summed E-state index contributed by atoms with van der Waals surface area (Å²) >= 11 is 1.59. The summed E-state index contributed by atoms with van der Waals surface area (Å²) in [6.45, 7) is 0.452. The maximum Gasteiger partial charge on any atom is 0.258 e. The molecule has 0 unspecified atom stereocenters. The van der Waals surface area contributed by atoms with Crippen molar-refractivity contribution < 1.29 is 17.9 Å². The summed E-state index contributed by atoms with van der Waals surface area (Å²) in [6.07, 6.45) is 1.19. The highest BCUT2D eigenvalue weighted by molar-refractivity contribution is 7.89. The molecule has 2 aromatic carbocycles. The van der Waals surface area contributed by atoms with Gasteiger partial charge < -0.3 is 9.64 Å². The maximum atomic E-state index is 13.2. The predicted octanol–water partition coefficient (Wildman–Crippen LogP) is 4.15. The molecular formula is C21H21NO4S2. The van der Waals surface area contributed by atoms with Gasteiger partial charge in [-0.3, -0.25) is 4.79 Å². The van der Waals surface area contributed by atoms with Crippen LogP contribution < -0.4 is 9.64 Å². The molecule has 1 amide bonds. The number of ether oxygens (including phenoxy) is 1. The van der Waals surface area contributed by atoms with Gasteiger partial charge in [0.05, 0.1) is 19.4 Å². The van der Waals surface area contributed by atoms with E-state index in [1.165, 1.54) is 6.26 Å². The summed E-state index contributed by atoms with van der Waals surface area (Å²) in [7, 11) is -1.52. The fourth-order valence-electron chi connectivity index (χ4n) is 2.80. The van der Waals surface area contributed by atoms with Crippen molar-refractivity contribution in [2.45, 2.75) is 12.3 Å². The molecule has 0 spiro atoms. The number of hydrogen-bond acceptors (Lipinski definition) is 5. The van der Waals surface area contributed by atoms with Crippen LogP contribution >= 0.6 is 11.3 Å². The zero-order valence-electron chi connectivity index (χ0n) is 15.7. The second-order valence-electron chi connectivity index (χ2n) is 6.44. The second-order valence-corrected chi connectivity index (χ2v) is 9.61. The Kier molecular flexibility index (Phi) is 6.16. The van der Waals surface area contributed by atoms with Crippen LogP contribution in [0.15, 0.2) is 66.0 Å². The van der Waals surface area contributed by atoms with E-state index in [1.54, 1.807) is 47.6 Å². The Labute approximate surface area is 169 Å². The molecule has 28 heavy (non-hydrogen) atoms. The highest BCUT2D eigenvalue weighted by Gasteiger charge is 2.19. The molecular weight excluding hydrogens is 394 g/mol. The Bertz CT molecular complexity index is 1030. The average molecular weight is 416 g/mol. The fraction of sp³-hybridized carbons (Fsp3) is 0.190. The number of benzene rings is 2. The van der Waals surface area contributed by atoms with Gasteiger partial charge in [0.25, 0.3) is 5.91 Å². The lowest BCUT2D eigenvalue weighted by Gasteiger charge is -2.23. The SMILES string of the molecule is COc1ccc(N(Cc2cccs2)C(=O)c2ccc(CS(C)(=O)=O)cc2)cc1. The summed E-state index contributed by atoms with van der Waals surface area (Å²) < 4.78 is 28.1. The third-order valence-corrected chi connectivity index (χ3v) is 5.87. The number of rotatable bonds is 7. The molecule has 0 saturated carbocycles. The molecule has 1 heterocycles. The number of hydrogen-bond donors (Lipinski definition) is 0. The molecule has 0 aliphatic heterocycles. The van der Waals surface area contributed by atoms with Crippen molar-refractivity contribution >= 4 is 32.8 Å². The van der Waals surface area contributed by atoms with Gasteiger partial charge >= 0.3 is 0 Å². The predicted molar refractivity (Wildman–Crippen MR) is 113 cm³/mol. The first kappa shape index (κ1) is 20.1. The molecule has 0 radical (unpaired) electrons. The van der Waals surface area contributed by atoms with E-state index in [-0.39, 0.29) is 11.7 Å². The number of carbonyl (C=O) groups is 1. The van der Waals surface area contributed by atoms with Gasteiger partial charge in [-0.05, 0) is 53.4 Å². The summed E-state index contributed by atoms with van der Waals surface area (Å²) in [4.78, 5) is 16.0. The van der Waals surface area contributed by atoms with E-state index < -0.39 is 9.84 Å². The molecule has 3 rings (SSSR count). The van der Waals surface area contributed by atoms with Crippen molar-refractivity contribution in [1.29, 1.82) is 0 Å². The number of sulfone groups is 1. The van der Waals surface area contributed by atoms with E-state index >= 15 is 0 Å². The van der Waals surface area contributed by atoms with Gasteiger partial charge in [-0.2, -0.15) is 0 Å². The molecule has 0 atom stereocenters. The van der Waals surface area contributed by atoms with E-state index in [2.05, 4.69) is 0 Å². The Balaban J connectivity index is 1.89. The Hall–Kier alpha value is -2.64. The van der Waals surface area contributed by atoms with Crippen molar-refractivity contribution in [1.82, 2.24) is 0 Å². The van der Waals surface area contributed by atoms with Crippen LogP contribution in [0.4, 0.5) is 5.69 Å². The molecule has 7 heteroatoms. The van der Waals surface area contributed by atoms with Crippen molar-refractivity contribution in [3.05, 3.63) is 82.0 Å². The Morgan fingerprint density at radius 2 is 1.71 bits per heavy atom. The third-order valence-electron chi connectivity index (χ3n) is 4.15. The zero-order valence-corrected chi connectivity index (χ0v) is 17.3. The Morgan fingerprint density at radius 3 is 2.25 bits per heavy atom. The summed E-state index contributed by atoms with van der Waals surface area (Å²) in [5, 5.41) is 1.98. The smallest absolute Gasteiger partial charge is 0.258 e. The van der Waals surface area contributed by atoms with Crippen LogP contribution in [0.5, 0.6) is 5.75 Å². The van der Waals surface area contributed by atoms with E-state index in [0.717, 1.165) is 16.3 Å². The van der Waals surface area contributed by atoms with Crippen LogP contribution in [0.3, 0.4) is 0 Å². The monoisotopic (exact) mass is 415 g/mol. The third kappa shape index (κ3) is 5.21. The summed E-state index contributed by atoms with van der Waals surface area (Å²) in [5.74, 6) is 0.528. The fourth-order valence-corrected chi connectivity index (χ4v) is 4.29. The minimum Gasteiger partial charge on any atom is -0.497 e. The number of carbonyl (C=O) groups excluding carboxylic acids is 1. The number of methoxy groups -OCH3 is 1. The van der Waals surface area contributed by atoms with Crippen LogP contribution in [0.1, 0.15) is 20.8 Å². The van der Waals surface area contributed by atoms with Gasteiger partial charge in [0.2, 0.25) is 0 Å². The second kappa shape index (κ2) is 8.58. The lowest BCUT2D eigenvalue weighted by Crippen LogP contribution is -2.30. The first-order valence-corrected chi connectivity index (χ1v) is 11.5. The molecule has 0 aliphatic carbocycles. The standard InChI is InChI=1S/C21H21NO4S2/c1-26-19-11-9-18(10-12-19)22(14-20-4-3-13-27-20)21(23)17-7-5-16(6-8-17)15-28(2,24)25/h3-13H,14-15H2,1-2H3. The van der Waals surface area contributed by atoms with Gasteiger partial charge in [0, 0.05) is 22.4 Å². The van der Waals surface area contributed by atoms with E-state index in [4.69, 9.17) is 4.74 Å². The Morgan fingerprint density at radius 1 is 1.04 bits per heavy atom. The zero-order chi connectivity index (χ0) is 20.1. The number of amides is 1. The van der Waals surface area contributed by atoms with Gasteiger partial charge in [0.15, 0.2) is 9.84 Å². The molecule has 0 aliphatic rings. The van der Waals surface area contributed by atoms with Crippen LogP contribution in [0.2, 0.25) is 0 Å². The summed E-state index contributed by atoms with van der Waals surface area (Å²) in [5.41, 5.74) is 1.93. The largest absolute Gasteiger partial charge is 0.497 e. The van der Waals surface area contributed by atoms with E-state index in [0.29, 0.717) is 17.7 Å². The van der Waals surface area contributed by atoms with E-state index in [1.807, 2.05) is 41.8 Å². The quantitative estimate of drug-likeness (QED) is 0.582. The van der Waals surface area contributed by atoms with Gasteiger partial charge in [-0.25, -0.2) is 8.42 Å². The first-order valence-electron chi connectivity index (χ1n) is 8.61. The van der Waals surface area contributed by atoms with Crippen LogP contribution in [0.25, 0.3) is 0 Å². The number of nitrogens with zero attached hydrogens (tertiary/aromatic N) is 1. The van der Waals surface area contributed by atoms with E-state index in [9.17, 15) is 13.2 Å². The summed E-state index contributed by atoms with van der Waals surface area (Å²) in [6, 6.07) is 18.0. The molecule has 0 saturated heterocycles. The highest BCUT2D eigenvalue weighted by atomic mass is 32.2. The van der Waals surface area contributed by atoms with Crippen LogP contribution in [0, 0.1) is 0 Å². The van der Waals surface area contributed by atoms with Crippen molar-refractivity contribution in [3.8, 4) is 5.75 Å². The van der Waals surface area contributed by atoms with Crippen LogP contribution in [-0.2, 0) is 22.1 Å². The molecule has 3 aromatic rings. The van der Waals surface area contributed by atoms with Gasteiger partial charge in [-0.15, -0.1) is 11.3 Å². The maximum absolute atomic E-state index is 13.2.